The van der Waals surface area contributed by atoms with E-state index < -0.39 is 0 Å². The lowest BCUT2D eigenvalue weighted by molar-refractivity contribution is 1.43. The van der Waals surface area contributed by atoms with Crippen LogP contribution in [0, 0.1) is 27.7 Å². The predicted molar refractivity (Wildman–Crippen MR) is 244 cm³/mol. The molecule has 262 valence electrons. The van der Waals surface area contributed by atoms with Crippen LogP contribution >= 0.6 is 0 Å². The van der Waals surface area contributed by atoms with E-state index in [1.165, 1.54) is 121 Å². The van der Waals surface area contributed by atoms with Gasteiger partial charge in [-0.15, -0.1) is 0 Å². The summed E-state index contributed by atoms with van der Waals surface area (Å²) in [6.45, 7) is 9.46. The second-order valence-electron chi connectivity index (χ2n) is 16.1. The zero-order valence-corrected chi connectivity index (χ0v) is 32.3. The Morgan fingerprint density at radius 3 is 1.02 bits per heavy atom. The van der Waals surface area contributed by atoms with Gasteiger partial charge in [-0.05, 0) is 106 Å². The lowest BCUT2D eigenvalue weighted by atomic mass is 9.37. The largest absolute Gasteiger partial charge is 0.243 e. The van der Waals surface area contributed by atoms with Gasteiger partial charge >= 0.3 is 0 Å². The first-order valence-electron chi connectivity index (χ1n) is 20.0. The molecule has 9 aromatic carbocycles. The van der Waals surface area contributed by atoms with Gasteiger partial charge in [-0.1, -0.05) is 213 Å². The number of benzene rings is 9. The maximum atomic E-state index is 2.58. The molecule has 0 saturated carbocycles. The van der Waals surface area contributed by atoms with Crippen LogP contribution in [-0.2, 0) is 0 Å². The monoisotopic (exact) mass is 710 g/mol. The van der Waals surface area contributed by atoms with E-state index in [0.29, 0.717) is 0 Å². The predicted octanol–water partition coefficient (Wildman–Crippen LogP) is 9.55. The first-order chi connectivity index (χ1) is 27.5. The molecule has 2 aliphatic heterocycles. The molecule has 11 rings (SSSR count). The van der Waals surface area contributed by atoms with E-state index in [9.17, 15) is 0 Å². The molecule has 0 radical (unpaired) electrons. The highest BCUT2D eigenvalue weighted by Gasteiger charge is 2.38. The van der Waals surface area contributed by atoms with Crippen molar-refractivity contribution in [2.75, 3.05) is 0 Å². The highest BCUT2D eigenvalue weighted by molar-refractivity contribution is 7.00. The molecule has 0 aliphatic carbocycles. The molecule has 0 atom stereocenters. The molecule has 56 heavy (non-hydrogen) atoms. The van der Waals surface area contributed by atoms with E-state index >= 15 is 0 Å². The standard InChI is InChI=1S/C54H40B2/c1-33-17-15-18-34(2)53(33)55-47-27-13-11-25-39(47)41-29-43-45(31-49(41)55)51(37-21-7-5-8-22-37)44-30-42-40-26-12-14-28-48(40)56(54-35(3)19-16-20-36(54)4)50(42)32-46(44)52(43)38-23-9-6-10-24-38/h5-32H,1-4H3. The van der Waals surface area contributed by atoms with Gasteiger partial charge in [0.25, 0.3) is 0 Å². The fourth-order valence-corrected chi connectivity index (χ4v) is 10.6. The van der Waals surface area contributed by atoms with E-state index in [1.54, 1.807) is 0 Å². The van der Waals surface area contributed by atoms with E-state index in [4.69, 9.17) is 0 Å². The van der Waals surface area contributed by atoms with Crippen LogP contribution in [-0.4, -0.2) is 13.4 Å². The third-order valence-electron chi connectivity index (χ3n) is 13.0. The van der Waals surface area contributed by atoms with Crippen LogP contribution in [0.15, 0.2) is 170 Å². The number of hydrogen-bond donors (Lipinski definition) is 0. The van der Waals surface area contributed by atoms with Crippen LogP contribution in [0.5, 0.6) is 0 Å². The van der Waals surface area contributed by atoms with Gasteiger partial charge < -0.3 is 0 Å². The number of fused-ring (bicyclic) bond motifs is 8. The van der Waals surface area contributed by atoms with Crippen LogP contribution in [0.4, 0.5) is 0 Å². The Balaban J connectivity index is 1.32. The Labute approximate surface area is 330 Å². The topological polar surface area (TPSA) is 0 Å². The van der Waals surface area contributed by atoms with Crippen molar-refractivity contribution in [1.29, 1.82) is 0 Å². The van der Waals surface area contributed by atoms with Crippen molar-refractivity contribution in [3.8, 4) is 44.5 Å². The summed E-state index contributed by atoms with van der Waals surface area (Å²) < 4.78 is 0. The SMILES string of the molecule is Cc1cccc(C)c1B1c2ccccc2-c2cc3c(-c4ccccc4)c4cc5c(cc4c(-c4ccccc4)c3cc21)-c1ccccc1B5c1c(C)cccc1C. The van der Waals surface area contributed by atoms with Crippen molar-refractivity contribution >= 4 is 67.7 Å². The van der Waals surface area contributed by atoms with Crippen LogP contribution in [0.2, 0.25) is 0 Å². The van der Waals surface area contributed by atoms with Gasteiger partial charge in [0.15, 0.2) is 0 Å². The van der Waals surface area contributed by atoms with Crippen molar-refractivity contribution in [2.45, 2.75) is 27.7 Å². The minimum absolute atomic E-state index is 0.163. The molecule has 0 fully saturated rings. The first kappa shape index (κ1) is 33.0. The molecule has 0 N–H and O–H groups in total. The molecule has 0 spiro atoms. The lowest BCUT2D eigenvalue weighted by Gasteiger charge is -2.22. The summed E-state index contributed by atoms with van der Waals surface area (Å²) in [6.07, 6.45) is 0. The second kappa shape index (κ2) is 12.6. The molecule has 0 amide bonds. The summed E-state index contributed by atoms with van der Waals surface area (Å²) in [4.78, 5) is 0. The first-order valence-corrected chi connectivity index (χ1v) is 20.0. The smallest absolute Gasteiger partial charge is 0.0664 e. The molecule has 0 aromatic heterocycles. The summed E-state index contributed by atoms with van der Waals surface area (Å²) in [6, 6.07) is 64.3. The van der Waals surface area contributed by atoms with Gasteiger partial charge in [0, 0.05) is 0 Å². The van der Waals surface area contributed by atoms with Crippen molar-refractivity contribution in [1.82, 2.24) is 0 Å². The van der Waals surface area contributed by atoms with Gasteiger partial charge in [-0.25, -0.2) is 0 Å². The Morgan fingerprint density at radius 2 is 0.625 bits per heavy atom. The van der Waals surface area contributed by atoms with Gasteiger partial charge in [0.05, 0.1) is 0 Å². The Kier molecular flexibility index (Phi) is 7.42. The zero-order chi connectivity index (χ0) is 37.7. The number of aryl methyl sites for hydroxylation is 4. The Hall–Kier alpha value is -6.37. The minimum atomic E-state index is 0.163. The molecule has 0 nitrogen and oxygen atoms in total. The summed E-state index contributed by atoms with van der Waals surface area (Å²) in [7, 11) is 0. The van der Waals surface area contributed by atoms with Gasteiger partial charge in [0.1, 0.15) is 0 Å². The normalized spacial score (nSPS) is 12.6. The fourth-order valence-electron chi connectivity index (χ4n) is 10.6. The quantitative estimate of drug-likeness (QED) is 0.126. The van der Waals surface area contributed by atoms with Crippen LogP contribution < -0.4 is 32.8 Å². The molecular formula is C54H40B2. The van der Waals surface area contributed by atoms with Crippen LogP contribution in [0.25, 0.3) is 66.1 Å². The van der Waals surface area contributed by atoms with E-state index in [1.807, 2.05) is 0 Å². The average Bonchev–Trinajstić information content (AvgIpc) is 3.70. The van der Waals surface area contributed by atoms with Gasteiger partial charge in [0.2, 0.25) is 13.4 Å². The Bertz CT molecular complexity index is 2820. The lowest BCUT2D eigenvalue weighted by Crippen LogP contribution is -2.51. The van der Waals surface area contributed by atoms with Crippen LogP contribution in [0.1, 0.15) is 22.3 Å². The summed E-state index contributed by atoms with van der Waals surface area (Å²) in [5, 5.41) is 5.22. The fraction of sp³-hybridized carbons (Fsp3) is 0.0741. The van der Waals surface area contributed by atoms with Crippen molar-refractivity contribution in [3.63, 3.8) is 0 Å². The summed E-state index contributed by atoms with van der Waals surface area (Å²) >= 11 is 0. The second-order valence-corrected chi connectivity index (χ2v) is 16.1. The molecule has 2 heteroatoms. The average molecular weight is 711 g/mol. The minimum Gasteiger partial charge on any atom is -0.0664 e. The van der Waals surface area contributed by atoms with Gasteiger partial charge in [-0.3, -0.25) is 0 Å². The van der Waals surface area contributed by atoms with Crippen molar-refractivity contribution < 1.29 is 0 Å². The molecule has 2 aliphatic rings. The third-order valence-corrected chi connectivity index (χ3v) is 13.0. The van der Waals surface area contributed by atoms with E-state index in [-0.39, 0.29) is 13.4 Å². The van der Waals surface area contributed by atoms with Gasteiger partial charge in [-0.2, -0.15) is 0 Å². The third kappa shape index (κ3) is 4.75. The number of hydrogen-bond acceptors (Lipinski definition) is 0. The maximum Gasteiger partial charge on any atom is 0.243 e. The summed E-state index contributed by atoms with van der Waals surface area (Å²) in [5.74, 6) is 0. The maximum absolute atomic E-state index is 2.58. The highest BCUT2D eigenvalue weighted by atomic mass is 14.3. The Morgan fingerprint density at radius 1 is 0.286 bits per heavy atom. The zero-order valence-electron chi connectivity index (χ0n) is 32.3. The van der Waals surface area contributed by atoms with Crippen LogP contribution in [0.3, 0.4) is 0 Å². The molecule has 0 unspecified atom stereocenters. The molecular weight excluding hydrogens is 670 g/mol. The van der Waals surface area contributed by atoms with Crippen molar-refractivity contribution in [3.05, 3.63) is 192 Å². The molecule has 2 heterocycles. The molecule has 0 bridgehead atoms. The van der Waals surface area contributed by atoms with E-state index in [2.05, 4.69) is 198 Å². The molecule has 0 saturated heterocycles. The highest BCUT2D eigenvalue weighted by Crippen LogP contribution is 2.46. The summed E-state index contributed by atoms with van der Waals surface area (Å²) in [5.41, 5.74) is 24.3. The molecule has 9 aromatic rings. The van der Waals surface area contributed by atoms with Crippen molar-refractivity contribution in [2.24, 2.45) is 0 Å². The van der Waals surface area contributed by atoms with E-state index in [0.717, 1.165) is 0 Å². The number of rotatable bonds is 4.